The van der Waals surface area contributed by atoms with Crippen molar-refractivity contribution >= 4 is 31.9 Å². The molecule has 0 heterocycles. The molecule has 2 nitrogen and oxygen atoms in total. The summed E-state index contributed by atoms with van der Waals surface area (Å²) in [6.07, 6.45) is 0. The van der Waals surface area contributed by atoms with Crippen LogP contribution in [-0.2, 0) is 24.5 Å². The van der Waals surface area contributed by atoms with E-state index in [1.807, 2.05) is 18.2 Å². The van der Waals surface area contributed by atoms with Gasteiger partial charge in [-0.25, -0.2) is 0 Å². The molecule has 0 atom stereocenters. The van der Waals surface area contributed by atoms with Crippen molar-refractivity contribution in [2.24, 2.45) is 0 Å². The van der Waals surface area contributed by atoms with Crippen LogP contribution in [0, 0.1) is 0 Å². The zero-order chi connectivity index (χ0) is 15.1. The van der Waals surface area contributed by atoms with Crippen molar-refractivity contribution in [1.82, 2.24) is 5.32 Å². The Morgan fingerprint density at radius 3 is 2.33 bits per heavy atom. The molecule has 2 rings (SSSR count). The van der Waals surface area contributed by atoms with Crippen LogP contribution >= 0.6 is 31.9 Å². The van der Waals surface area contributed by atoms with Crippen LogP contribution < -0.4 is 5.32 Å². The number of hydrogen-bond donors (Lipinski definition) is 1. The summed E-state index contributed by atoms with van der Waals surface area (Å²) < 4.78 is 8.00. The van der Waals surface area contributed by atoms with E-state index < -0.39 is 0 Å². The average molecular weight is 413 g/mol. The molecule has 0 aliphatic carbocycles. The SMILES string of the molecule is CCNCc1ccc(COCc2ccccc2Br)c(Br)c1. The normalized spacial score (nSPS) is 10.8. The number of halogens is 2. The van der Waals surface area contributed by atoms with E-state index in [9.17, 15) is 0 Å². The molecule has 2 aromatic carbocycles. The van der Waals surface area contributed by atoms with E-state index in [1.54, 1.807) is 0 Å². The minimum absolute atomic E-state index is 0.601. The molecule has 0 radical (unpaired) electrons. The van der Waals surface area contributed by atoms with Crippen molar-refractivity contribution in [2.75, 3.05) is 6.54 Å². The van der Waals surface area contributed by atoms with Gasteiger partial charge in [-0.2, -0.15) is 0 Å². The Morgan fingerprint density at radius 1 is 0.952 bits per heavy atom. The Labute approximate surface area is 143 Å². The van der Waals surface area contributed by atoms with Crippen molar-refractivity contribution in [3.63, 3.8) is 0 Å². The molecule has 1 N–H and O–H groups in total. The molecular weight excluding hydrogens is 394 g/mol. The molecule has 0 aromatic heterocycles. The number of rotatable bonds is 7. The van der Waals surface area contributed by atoms with Crippen molar-refractivity contribution in [3.8, 4) is 0 Å². The van der Waals surface area contributed by atoms with Crippen LogP contribution in [0.5, 0.6) is 0 Å². The minimum atomic E-state index is 0.601. The molecular formula is C17H19Br2NO. The van der Waals surface area contributed by atoms with E-state index in [-0.39, 0.29) is 0 Å². The summed E-state index contributed by atoms with van der Waals surface area (Å²) in [6.45, 7) is 5.19. The van der Waals surface area contributed by atoms with Gasteiger partial charge in [-0.3, -0.25) is 0 Å². The molecule has 0 amide bonds. The van der Waals surface area contributed by atoms with Crippen molar-refractivity contribution in [2.45, 2.75) is 26.7 Å². The maximum Gasteiger partial charge on any atom is 0.0732 e. The lowest BCUT2D eigenvalue weighted by molar-refractivity contribution is 0.106. The van der Waals surface area contributed by atoms with Crippen LogP contribution in [0.2, 0.25) is 0 Å². The number of ether oxygens (including phenoxy) is 1. The quantitative estimate of drug-likeness (QED) is 0.687. The zero-order valence-electron chi connectivity index (χ0n) is 12.0. The molecule has 4 heteroatoms. The Hall–Kier alpha value is -0.680. The highest BCUT2D eigenvalue weighted by Gasteiger charge is 2.03. The van der Waals surface area contributed by atoms with E-state index in [2.05, 4.69) is 68.4 Å². The van der Waals surface area contributed by atoms with Gasteiger partial charge in [-0.05, 0) is 35.4 Å². The van der Waals surface area contributed by atoms with Crippen LogP contribution in [0.4, 0.5) is 0 Å². The van der Waals surface area contributed by atoms with Gasteiger partial charge in [-0.1, -0.05) is 69.1 Å². The molecule has 0 fully saturated rings. The predicted molar refractivity (Wildman–Crippen MR) is 94.2 cm³/mol. The molecule has 0 saturated heterocycles. The van der Waals surface area contributed by atoms with E-state index in [1.165, 1.54) is 11.1 Å². The van der Waals surface area contributed by atoms with Crippen LogP contribution in [0.3, 0.4) is 0 Å². The highest BCUT2D eigenvalue weighted by Crippen LogP contribution is 2.21. The monoisotopic (exact) mass is 411 g/mol. The first kappa shape index (κ1) is 16.7. The van der Waals surface area contributed by atoms with Crippen LogP contribution in [0.1, 0.15) is 23.6 Å². The molecule has 0 unspecified atom stereocenters. The summed E-state index contributed by atoms with van der Waals surface area (Å²) in [7, 11) is 0. The maximum atomic E-state index is 5.81. The van der Waals surface area contributed by atoms with Gasteiger partial charge in [0, 0.05) is 15.5 Å². The molecule has 112 valence electrons. The fourth-order valence-corrected chi connectivity index (χ4v) is 2.91. The highest BCUT2D eigenvalue weighted by atomic mass is 79.9. The molecule has 0 saturated carbocycles. The van der Waals surface area contributed by atoms with Crippen LogP contribution in [-0.4, -0.2) is 6.54 Å². The van der Waals surface area contributed by atoms with Gasteiger partial charge in [0.05, 0.1) is 13.2 Å². The molecule has 0 aliphatic rings. The summed E-state index contributed by atoms with van der Waals surface area (Å²) in [5.74, 6) is 0. The Kier molecular flexibility index (Phi) is 6.90. The predicted octanol–water partition coefficient (Wildman–Crippen LogP) is 5.04. The second kappa shape index (κ2) is 8.69. The van der Waals surface area contributed by atoms with E-state index >= 15 is 0 Å². The summed E-state index contributed by atoms with van der Waals surface area (Å²) in [5.41, 5.74) is 3.61. The molecule has 0 bridgehead atoms. The van der Waals surface area contributed by atoms with Gasteiger partial charge in [-0.15, -0.1) is 0 Å². The van der Waals surface area contributed by atoms with Crippen molar-refractivity contribution in [1.29, 1.82) is 0 Å². The van der Waals surface area contributed by atoms with E-state index in [0.29, 0.717) is 13.2 Å². The van der Waals surface area contributed by atoms with E-state index in [0.717, 1.165) is 27.6 Å². The molecule has 0 aliphatic heterocycles. The topological polar surface area (TPSA) is 21.3 Å². The lowest BCUT2D eigenvalue weighted by Gasteiger charge is -2.10. The lowest BCUT2D eigenvalue weighted by Crippen LogP contribution is -2.11. The second-order valence-corrected chi connectivity index (χ2v) is 6.50. The fourth-order valence-electron chi connectivity index (χ4n) is 1.97. The standard InChI is InChI=1S/C17H19Br2NO/c1-2-20-10-13-7-8-15(17(19)9-13)12-21-11-14-5-3-4-6-16(14)18/h3-9,20H,2,10-12H2,1H3. The first-order valence-electron chi connectivity index (χ1n) is 7.00. The third-order valence-electron chi connectivity index (χ3n) is 3.17. The summed E-state index contributed by atoms with van der Waals surface area (Å²) in [4.78, 5) is 0. The fraction of sp³-hybridized carbons (Fsp3) is 0.294. The Balaban J connectivity index is 1.90. The van der Waals surface area contributed by atoms with Gasteiger partial charge < -0.3 is 10.1 Å². The molecule has 21 heavy (non-hydrogen) atoms. The van der Waals surface area contributed by atoms with E-state index in [4.69, 9.17) is 4.74 Å². The largest absolute Gasteiger partial charge is 0.372 e. The Bertz CT molecular complexity index is 587. The first-order chi connectivity index (χ1) is 10.2. The first-order valence-corrected chi connectivity index (χ1v) is 8.58. The van der Waals surface area contributed by atoms with Crippen molar-refractivity contribution in [3.05, 3.63) is 68.1 Å². The summed E-state index contributed by atoms with van der Waals surface area (Å²) >= 11 is 7.16. The summed E-state index contributed by atoms with van der Waals surface area (Å²) in [6, 6.07) is 14.5. The molecule has 2 aromatic rings. The summed E-state index contributed by atoms with van der Waals surface area (Å²) in [5, 5.41) is 3.32. The second-order valence-electron chi connectivity index (χ2n) is 4.79. The van der Waals surface area contributed by atoms with Gasteiger partial charge >= 0.3 is 0 Å². The van der Waals surface area contributed by atoms with Gasteiger partial charge in [0.1, 0.15) is 0 Å². The minimum Gasteiger partial charge on any atom is -0.372 e. The highest BCUT2D eigenvalue weighted by molar-refractivity contribution is 9.10. The smallest absolute Gasteiger partial charge is 0.0732 e. The Morgan fingerprint density at radius 2 is 1.67 bits per heavy atom. The molecule has 0 spiro atoms. The van der Waals surface area contributed by atoms with Crippen molar-refractivity contribution < 1.29 is 4.74 Å². The zero-order valence-corrected chi connectivity index (χ0v) is 15.2. The van der Waals surface area contributed by atoms with Gasteiger partial charge in [0.25, 0.3) is 0 Å². The number of nitrogens with one attached hydrogen (secondary N) is 1. The third-order valence-corrected chi connectivity index (χ3v) is 4.68. The number of benzene rings is 2. The van der Waals surface area contributed by atoms with Gasteiger partial charge in [0.15, 0.2) is 0 Å². The van der Waals surface area contributed by atoms with Crippen LogP contribution in [0.25, 0.3) is 0 Å². The van der Waals surface area contributed by atoms with Crippen LogP contribution in [0.15, 0.2) is 51.4 Å². The average Bonchev–Trinajstić information content (AvgIpc) is 2.49. The third kappa shape index (κ3) is 5.22. The van der Waals surface area contributed by atoms with Gasteiger partial charge in [0.2, 0.25) is 0 Å². The number of hydrogen-bond acceptors (Lipinski definition) is 2. The lowest BCUT2D eigenvalue weighted by atomic mass is 10.1. The maximum absolute atomic E-state index is 5.81.